The molecule has 0 heterocycles. The highest BCUT2D eigenvalue weighted by molar-refractivity contribution is 5.84. The van der Waals surface area contributed by atoms with Gasteiger partial charge in [-0.1, -0.05) is 26.7 Å². The Morgan fingerprint density at radius 1 is 1.47 bits per heavy atom. The predicted molar refractivity (Wildman–Crippen MR) is 62.5 cm³/mol. The molecule has 1 aliphatic carbocycles. The number of rotatable bonds is 4. The Hall–Kier alpha value is -0.570. The largest absolute Gasteiger partial charge is 0.368 e. The Morgan fingerprint density at radius 3 is 2.80 bits per heavy atom. The number of carbonyl (C=O) groups excluding carboxylic acids is 1. The molecular formula is C12H24N2O. The van der Waals surface area contributed by atoms with E-state index in [9.17, 15) is 4.79 Å². The van der Waals surface area contributed by atoms with Crippen molar-refractivity contribution in [3.8, 4) is 0 Å². The normalized spacial score (nSPS) is 32.3. The molecule has 1 rings (SSSR count). The standard InChI is InChI=1S/C12H24N2O/c1-3-9-14-12(11(13)15)7-4-5-10(2)6-8-12/h10,14H,3-9H2,1-2H3,(H2,13,15). The fourth-order valence-electron chi connectivity index (χ4n) is 2.39. The summed E-state index contributed by atoms with van der Waals surface area (Å²) >= 11 is 0. The van der Waals surface area contributed by atoms with Gasteiger partial charge in [-0.2, -0.15) is 0 Å². The fourth-order valence-corrected chi connectivity index (χ4v) is 2.39. The third-order valence-electron chi connectivity index (χ3n) is 3.55. The SMILES string of the molecule is CCCNC1(C(N)=O)CCCC(C)CC1. The van der Waals surface area contributed by atoms with E-state index in [4.69, 9.17) is 5.73 Å². The van der Waals surface area contributed by atoms with E-state index in [2.05, 4.69) is 19.2 Å². The van der Waals surface area contributed by atoms with Crippen LogP contribution in [-0.2, 0) is 4.79 Å². The number of nitrogens with two attached hydrogens (primary N) is 1. The van der Waals surface area contributed by atoms with Crippen LogP contribution >= 0.6 is 0 Å². The van der Waals surface area contributed by atoms with Crippen LogP contribution in [0.2, 0.25) is 0 Å². The molecular weight excluding hydrogens is 188 g/mol. The van der Waals surface area contributed by atoms with Gasteiger partial charge in [-0.3, -0.25) is 4.79 Å². The molecule has 3 N–H and O–H groups in total. The van der Waals surface area contributed by atoms with Crippen LogP contribution in [0.15, 0.2) is 0 Å². The number of hydrogen-bond acceptors (Lipinski definition) is 2. The first-order valence-electron chi connectivity index (χ1n) is 6.15. The van der Waals surface area contributed by atoms with Crippen LogP contribution in [0.4, 0.5) is 0 Å². The van der Waals surface area contributed by atoms with Crippen molar-refractivity contribution in [1.29, 1.82) is 0 Å². The minimum atomic E-state index is -0.416. The second-order valence-corrected chi connectivity index (χ2v) is 4.91. The van der Waals surface area contributed by atoms with E-state index in [1.165, 1.54) is 6.42 Å². The summed E-state index contributed by atoms with van der Waals surface area (Å²) < 4.78 is 0. The molecule has 15 heavy (non-hydrogen) atoms. The van der Waals surface area contributed by atoms with Crippen LogP contribution in [-0.4, -0.2) is 18.0 Å². The first kappa shape index (κ1) is 12.5. The molecule has 0 aromatic rings. The second kappa shape index (κ2) is 5.50. The highest BCUT2D eigenvalue weighted by atomic mass is 16.1. The average molecular weight is 212 g/mol. The molecule has 0 saturated heterocycles. The van der Waals surface area contributed by atoms with E-state index in [0.717, 1.165) is 44.6 Å². The lowest BCUT2D eigenvalue weighted by Crippen LogP contribution is -2.55. The Kier molecular flexibility index (Phi) is 4.58. The maximum absolute atomic E-state index is 11.6. The quantitative estimate of drug-likeness (QED) is 0.698. The van der Waals surface area contributed by atoms with Crippen LogP contribution in [0, 0.1) is 5.92 Å². The summed E-state index contributed by atoms with van der Waals surface area (Å²) in [6, 6.07) is 0. The van der Waals surface area contributed by atoms with Crippen molar-refractivity contribution < 1.29 is 4.79 Å². The molecule has 2 atom stereocenters. The third kappa shape index (κ3) is 3.20. The minimum absolute atomic E-state index is 0.162. The second-order valence-electron chi connectivity index (χ2n) is 4.91. The smallest absolute Gasteiger partial charge is 0.237 e. The summed E-state index contributed by atoms with van der Waals surface area (Å²) in [5.41, 5.74) is 5.14. The molecule has 0 aliphatic heterocycles. The van der Waals surface area contributed by atoms with E-state index in [1.54, 1.807) is 0 Å². The molecule has 1 amide bonds. The molecule has 0 bridgehead atoms. The van der Waals surface area contributed by atoms with Gasteiger partial charge in [0, 0.05) is 0 Å². The lowest BCUT2D eigenvalue weighted by atomic mass is 9.89. The van der Waals surface area contributed by atoms with Crippen LogP contribution in [0.5, 0.6) is 0 Å². The lowest BCUT2D eigenvalue weighted by molar-refractivity contribution is -0.125. The van der Waals surface area contributed by atoms with Crippen molar-refractivity contribution in [2.45, 2.75) is 57.9 Å². The van der Waals surface area contributed by atoms with Crippen molar-refractivity contribution in [2.24, 2.45) is 11.7 Å². The van der Waals surface area contributed by atoms with Crippen molar-refractivity contribution in [2.75, 3.05) is 6.54 Å². The summed E-state index contributed by atoms with van der Waals surface area (Å²) in [6.07, 6.45) is 6.31. The highest BCUT2D eigenvalue weighted by Gasteiger charge is 2.36. The number of amides is 1. The van der Waals surface area contributed by atoms with Crippen molar-refractivity contribution in [3.63, 3.8) is 0 Å². The lowest BCUT2D eigenvalue weighted by Gasteiger charge is -2.30. The van der Waals surface area contributed by atoms with Gasteiger partial charge in [-0.15, -0.1) is 0 Å². The fraction of sp³-hybridized carbons (Fsp3) is 0.917. The first-order chi connectivity index (χ1) is 7.10. The first-order valence-corrected chi connectivity index (χ1v) is 6.15. The van der Waals surface area contributed by atoms with Gasteiger partial charge in [-0.25, -0.2) is 0 Å². The molecule has 88 valence electrons. The van der Waals surface area contributed by atoms with Gasteiger partial charge in [0.05, 0.1) is 5.54 Å². The molecule has 1 fully saturated rings. The Morgan fingerprint density at radius 2 is 2.20 bits per heavy atom. The predicted octanol–water partition coefficient (Wildman–Crippen LogP) is 1.81. The van der Waals surface area contributed by atoms with Crippen LogP contribution in [0.3, 0.4) is 0 Å². The van der Waals surface area contributed by atoms with E-state index in [1.807, 2.05) is 0 Å². The summed E-state index contributed by atoms with van der Waals surface area (Å²) in [4.78, 5) is 11.6. The topological polar surface area (TPSA) is 55.1 Å². The van der Waals surface area contributed by atoms with Gasteiger partial charge in [0.25, 0.3) is 0 Å². The zero-order valence-electron chi connectivity index (χ0n) is 10.0. The molecule has 3 heteroatoms. The molecule has 0 aromatic carbocycles. The molecule has 0 spiro atoms. The Labute approximate surface area is 92.8 Å². The van der Waals surface area contributed by atoms with Crippen molar-refractivity contribution in [3.05, 3.63) is 0 Å². The summed E-state index contributed by atoms with van der Waals surface area (Å²) in [5.74, 6) is 0.569. The molecule has 0 aromatic heterocycles. The monoisotopic (exact) mass is 212 g/mol. The Bertz CT molecular complexity index is 214. The van der Waals surface area contributed by atoms with Gasteiger partial charge in [0.15, 0.2) is 0 Å². The molecule has 2 unspecified atom stereocenters. The van der Waals surface area contributed by atoms with E-state index < -0.39 is 5.54 Å². The van der Waals surface area contributed by atoms with E-state index >= 15 is 0 Å². The zero-order chi connectivity index (χ0) is 11.3. The van der Waals surface area contributed by atoms with Gasteiger partial charge in [0.2, 0.25) is 5.91 Å². The number of nitrogens with one attached hydrogen (secondary N) is 1. The maximum Gasteiger partial charge on any atom is 0.237 e. The van der Waals surface area contributed by atoms with Crippen LogP contribution < -0.4 is 11.1 Å². The molecule has 1 aliphatic rings. The molecule has 1 saturated carbocycles. The van der Waals surface area contributed by atoms with Gasteiger partial charge in [0.1, 0.15) is 0 Å². The molecule has 3 nitrogen and oxygen atoms in total. The maximum atomic E-state index is 11.6. The number of hydrogen-bond donors (Lipinski definition) is 2. The van der Waals surface area contributed by atoms with Gasteiger partial charge >= 0.3 is 0 Å². The number of primary amides is 1. The van der Waals surface area contributed by atoms with Crippen LogP contribution in [0.1, 0.15) is 52.4 Å². The van der Waals surface area contributed by atoms with Crippen molar-refractivity contribution in [1.82, 2.24) is 5.32 Å². The summed E-state index contributed by atoms with van der Waals surface area (Å²) in [6.45, 7) is 5.26. The van der Waals surface area contributed by atoms with Gasteiger partial charge in [-0.05, 0) is 38.1 Å². The Balaban J connectivity index is 2.66. The molecule has 0 radical (unpaired) electrons. The highest BCUT2D eigenvalue weighted by Crippen LogP contribution is 2.30. The number of carbonyl (C=O) groups is 1. The van der Waals surface area contributed by atoms with E-state index in [-0.39, 0.29) is 5.91 Å². The third-order valence-corrected chi connectivity index (χ3v) is 3.55. The summed E-state index contributed by atoms with van der Waals surface area (Å²) in [7, 11) is 0. The van der Waals surface area contributed by atoms with Crippen molar-refractivity contribution >= 4 is 5.91 Å². The summed E-state index contributed by atoms with van der Waals surface area (Å²) in [5, 5.41) is 3.37. The van der Waals surface area contributed by atoms with Gasteiger partial charge < -0.3 is 11.1 Å². The minimum Gasteiger partial charge on any atom is -0.368 e. The average Bonchev–Trinajstić information content (AvgIpc) is 2.39. The zero-order valence-corrected chi connectivity index (χ0v) is 10.0. The van der Waals surface area contributed by atoms with Crippen LogP contribution in [0.25, 0.3) is 0 Å². The van der Waals surface area contributed by atoms with E-state index in [0.29, 0.717) is 0 Å².